The van der Waals surface area contributed by atoms with Crippen LogP contribution in [0.25, 0.3) is 0 Å². The lowest BCUT2D eigenvalue weighted by atomic mass is 9.93. The number of aliphatic hydroxyl groups is 2. The minimum Gasteiger partial charge on any atom is -0.394 e. The lowest BCUT2D eigenvalue weighted by Crippen LogP contribution is -2.37. The van der Waals surface area contributed by atoms with Crippen LogP contribution in [0.1, 0.15) is 13.8 Å². The maximum absolute atomic E-state index is 9.59. The lowest BCUT2D eigenvalue weighted by molar-refractivity contribution is -0.0606. The van der Waals surface area contributed by atoms with E-state index in [-0.39, 0.29) is 6.61 Å². The second kappa shape index (κ2) is 5.12. The summed E-state index contributed by atoms with van der Waals surface area (Å²) >= 11 is 0. The highest BCUT2D eigenvalue weighted by molar-refractivity contribution is 6.11. The summed E-state index contributed by atoms with van der Waals surface area (Å²) in [6, 6.07) is -0.760. The first-order chi connectivity index (χ1) is 6.56. The van der Waals surface area contributed by atoms with E-state index in [9.17, 15) is 5.11 Å². The Hall–Kier alpha value is -0.0951. The molecule has 1 aliphatic rings. The van der Waals surface area contributed by atoms with Crippen molar-refractivity contribution >= 4 is 7.85 Å². The number of ether oxygens (including phenoxy) is 2. The number of rotatable bonds is 4. The Bertz CT molecular complexity index is 176. The van der Waals surface area contributed by atoms with Crippen molar-refractivity contribution in [3.63, 3.8) is 0 Å². The van der Waals surface area contributed by atoms with Crippen LogP contribution in [0, 0.1) is 5.92 Å². The van der Waals surface area contributed by atoms with Crippen LogP contribution < -0.4 is 0 Å². The highest BCUT2D eigenvalue weighted by atomic mass is 16.6. The predicted molar refractivity (Wildman–Crippen MR) is 52.1 cm³/mol. The fourth-order valence-electron chi connectivity index (χ4n) is 1.42. The van der Waals surface area contributed by atoms with Crippen molar-refractivity contribution in [1.29, 1.82) is 0 Å². The van der Waals surface area contributed by atoms with E-state index in [0.717, 1.165) is 0 Å². The van der Waals surface area contributed by atoms with Crippen LogP contribution in [0.5, 0.6) is 0 Å². The number of hydrogen-bond acceptors (Lipinski definition) is 4. The van der Waals surface area contributed by atoms with Crippen LogP contribution in [0.4, 0.5) is 0 Å². The van der Waals surface area contributed by atoms with Crippen LogP contribution in [0.3, 0.4) is 0 Å². The van der Waals surface area contributed by atoms with Crippen molar-refractivity contribution in [1.82, 2.24) is 0 Å². The van der Waals surface area contributed by atoms with Gasteiger partial charge in [0.1, 0.15) is 26.2 Å². The molecule has 0 amide bonds. The van der Waals surface area contributed by atoms with Crippen molar-refractivity contribution in [2.45, 2.75) is 38.2 Å². The van der Waals surface area contributed by atoms with Crippen LogP contribution in [0.2, 0.25) is 0 Å². The van der Waals surface area contributed by atoms with Crippen LogP contribution in [-0.4, -0.2) is 55.6 Å². The summed E-state index contributed by atoms with van der Waals surface area (Å²) in [4.78, 5) is 0. The number of hydrogen-bond donors (Lipinski definition) is 2. The Morgan fingerprint density at radius 2 is 2.14 bits per heavy atom. The first-order valence-corrected chi connectivity index (χ1v) is 4.87. The molecule has 5 heteroatoms. The molecule has 1 fully saturated rings. The largest absolute Gasteiger partial charge is 0.394 e. The highest BCUT2D eigenvalue weighted by Gasteiger charge is 2.41. The molecular weight excluding hydrogens is 183 g/mol. The van der Waals surface area contributed by atoms with Crippen molar-refractivity contribution in [3.05, 3.63) is 0 Å². The van der Waals surface area contributed by atoms with E-state index in [0.29, 0.717) is 12.5 Å². The molecule has 0 aliphatic carbocycles. The Labute approximate surface area is 85.6 Å². The van der Waals surface area contributed by atoms with E-state index in [1.54, 1.807) is 0 Å². The Morgan fingerprint density at radius 3 is 2.64 bits per heavy atom. The third kappa shape index (κ3) is 2.70. The van der Waals surface area contributed by atoms with E-state index < -0.39 is 24.3 Å². The van der Waals surface area contributed by atoms with Gasteiger partial charge >= 0.3 is 0 Å². The standard InChI is InChI=1S/C9H17BO4/c1-5(2)4-13-8-6(3-11)14-9(10)7(8)12/h5-9,11-12H,3-4H2,1-2H3/t6-,7+,8?,9-/m1/s1. The van der Waals surface area contributed by atoms with Crippen LogP contribution in [0.15, 0.2) is 0 Å². The molecule has 2 radical (unpaired) electrons. The third-order valence-electron chi connectivity index (χ3n) is 2.17. The van der Waals surface area contributed by atoms with E-state index in [1.807, 2.05) is 13.8 Å². The monoisotopic (exact) mass is 200 g/mol. The quantitative estimate of drug-likeness (QED) is 0.587. The van der Waals surface area contributed by atoms with Crippen LogP contribution in [-0.2, 0) is 9.47 Å². The summed E-state index contributed by atoms with van der Waals surface area (Å²) in [6.07, 6.45) is -1.89. The first-order valence-electron chi connectivity index (χ1n) is 4.87. The smallest absolute Gasteiger partial charge is 0.113 e. The van der Waals surface area contributed by atoms with Crippen molar-refractivity contribution in [2.75, 3.05) is 13.2 Å². The van der Waals surface area contributed by atoms with Gasteiger partial charge in [0.25, 0.3) is 0 Å². The maximum Gasteiger partial charge on any atom is 0.113 e. The van der Waals surface area contributed by atoms with Crippen molar-refractivity contribution < 1.29 is 19.7 Å². The van der Waals surface area contributed by atoms with Gasteiger partial charge in [-0.1, -0.05) is 13.8 Å². The molecule has 4 nitrogen and oxygen atoms in total. The zero-order valence-corrected chi connectivity index (χ0v) is 8.59. The zero-order chi connectivity index (χ0) is 10.7. The summed E-state index contributed by atoms with van der Waals surface area (Å²) in [6.45, 7) is 4.36. The van der Waals surface area contributed by atoms with Gasteiger partial charge in [-0.05, 0) is 5.92 Å². The van der Waals surface area contributed by atoms with Gasteiger partial charge in [-0.25, -0.2) is 0 Å². The molecule has 1 unspecified atom stereocenters. The fourth-order valence-corrected chi connectivity index (χ4v) is 1.42. The SMILES string of the molecule is [B][C@@H]1O[C@H](CO)C(OCC(C)C)[C@@H]1O. The van der Waals surface area contributed by atoms with Gasteiger partial charge in [0, 0.05) is 12.6 Å². The van der Waals surface area contributed by atoms with Gasteiger partial charge in [-0.2, -0.15) is 0 Å². The Morgan fingerprint density at radius 1 is 1.50 bits per heavy atom. The number of aliphatic hydroxyl groups excluding tert-OH is 2. The predicted octanol–water partition coefficient (Wildman–Crippen LogP) is -0.726. The van der Waals surface area contributed by atoms with E-state index in [1.165, 1.54) is 0 Å². The molecule has 4 atom stereocenters. The summed E-state index contributed by atoms with van der Waals surface area (Å²) in [7, 11) is 5.48. The summed E-state index contributed by atoms with van der Waals surface area (Å²) in [5, 5.41) is 18.6. The van der Waals surface area contributed by atoms with E-state index in [2.05, 4.69) is 0 Å². The van der Waals surface area contributed by atoms with E-state index >= 15 is 0 Å². The highest BCUT2D eigenvalue weighted by Crippen LogP contribution is 2.22. The average Bonchev–Trinajstić information content (AvgIpc) is 2.40. The Kier molecular flexibility index (Phi) is 4.38. The summed E-state index contributed by atoms with van der Waals surface area (Å²) in [5.74, 6) is 0.373. The Balaban J connectivity index is 2.46. The third-order valence-corrected chi connectivity index (χ3v) is 2.17. The van der Waals surface area contributed by atoms with Crippen LogP contribution >= 0.6 is 0 Å². The van der Waals surface area contributed by atoms with Gasteiger partial charge in [0.15, 0.2) is 0 Å². The maximum atomic E-state index is 9.59. The minimum absolute atomic E-state index is 0.187. The second-order valence-electron chi connectivity index (χ2n) is 4.00. The summed E-state index contributed by atoms with van der Waals surface area (Å²) < 4.78 is 10.6. The molecule has 0 saturated carbocycles. The van der Waals surface area contributed by atoms with Gasteiger partial charge < -0.3 is 19.7 Å². The molecule has 80 valence electrons. The van der Waals surface area contributed by atoms with E-state index in [4.69, 9.17) is 22.4 Å². The molecule has 2 N–H and O–H groups in total. The topological polar surface area (TPSA) is 58.9 Å². The molecule has 0 aromatic rings. The average molecular weight is 200 g/mol. The molecule has 1 heterocycles. The van der Waals surface area contributed by atoms with Gasteiger partial charge in [-0.15, -0.1) is 0 Å². The zero-order valence-electron chi connectivity index (χ0n) is 8.59. The molecule has 0 bridgehead atoms. The normalized spacial score (nSPS) is 38.1. The minimum atomic E-state index is -0.856. The molecule has 1 rings (SSSR count). The lowest BCUT2D eigenvalue weighted by Gasteiger charge is -2.20. The fraction of sp³-hybridized carbons (Fsp3) is 1.00. The molecule has 1 aliphatic heterocycles. The molecule has 1 saturated heterocycles. The van der Waals surface area contributed by atoms with Gasteiger partial charge in [0.05, 0.1) is 6.61 Å². The first kappa shape index (κ1) is 12.0. The van der Waals surface area contributed by atoms with Gasteiger partial charge in [0.2, 0.25) is 0 Å². The van der Waals surface area contributed by atoms with Crippen molar-refractivity contribution in [3.8, 4) is 0 Å². The van der Waals surface area contributed by atoms with Gasteiger partial charge in [-0.3, -0.25) is 0 Å². The molecular formula is C9H17BO4. The summed E-state index contributed by atoms with van der Waals surface area (Å²) in [5.41, 5.74) is 0. The molecule has 14 heavy (non-hydrogen) atoms. The molecule has 0 aromatic heterocycles. The van der Waals surface area contributed by atoms with Crippen molar-refractivity contribution in [2.24, 2.45) is 5.92 Å². The molecule has 0 aromatic carbocycles. The molecule has 0 spiro atoms. The second-order valence-corrected chi connectivity index (χ2v) is 4.00.